The number of anilines is 1. The van der Waals surface area contributed by atoms with Gasteiger partial charge in [-0.25, -0.2) is 4.79 Å². The zero-order valence-electron chi connectivity index (χ0n) is 19.1. The molecule has 0 amide bonds. The predicted octanol–water partition coefficient (Wildman–Crippen LogP) is 2.83. The maximum atomic E-state index is 13.5. The van der Waals surface area contributed by atoms with E-state index in [0.29, 0.717) is 5.92 Å². The third kappa shape index (κ3) is 4.98. The molecule has 4 rings (SSSR count). The number of nitrogen functional groups attached to an aromatic ring is 1. The lowest BCUT2D eigenvalue weighted by atomic mass is 10.0. The smallest absolute Gasteiger partial charge is 0.332 e. The minimum absolute atomic E-state index is 0.0102. The van der Waals surface area contributed by atoms with Crippen LogP contribution >= 0.6 is 0 Å². The molecule has 1 fully saturated rings. The van der Waals surface area contributed by atoms with Crippen LogP contribution < -0.4 is 17.0 Å². The second kappa shape index (κ2) is 9.58. The first-order chi connectivity index (χ1) is 15.9. The Morgan fingerprint density at radius 3 is 2.27 bits per heavy atom. The Kier molecular flexibility index (Phi) is 6.60. The zero-order chi connectivity index (χ0) is 23.5. The van der Waals surface area contributed by atoms with Gasteiger partial charge in [0.05, 0.1) is 13.1 Å². The van der Waals surface area contributed by atoms with Gasteiger partial charge in [0.1, 0.15) is 11.4 Å². The van der Waals surface area contributed by atoms with Crippen LogP contribution in [0.2, 0.25) is 0 Å². The van der Waals surface area contributed by atoms with Crippen molar-refractivity contribution in [3.63, 3.8) is 0 Å². The number of hydrogen-bond donors (Lipinski definition) is 1. The molecule has 2 N–H and O–H groups in total. The molecule has 1 aromatic heterocycles. The maximum absolute atomic E-state index is 13.5. The maximum Gasteiger partial charge on any atom is 0.332 e. The first-order valence-electron chi connectivity index (χ1n) is 11.3. The van der Waals surface area contributed by atoms with Gasteiger partial charge in [0.25, 0.3) is 5.56 Å². The van der Waals surface area contributed by atoms with Crippen LogP contribution in [-0.4, -0.2) is 32.9 Å². The number of Topliss-reactive ketones (excluding diaryl/α,β-unsaturated/α-hetero) is 1. The number of aromatic nitrogens is 2. The third-order valence-electron chi connectivity index (χ3n) is 6.41. The number of carbonyl (C=O) groups excluding carboxylic acids is 1. The van der Waals surface area contributed by atoms with Crippen molar-refractivity contribution in [2.24, 2.45) is 13.0 Å². The Balaban J connectivity index is 1.67. The number of ketones is 1. The van der Waals surface area contributed by atoms with E-state index in [1.54, 1.807) is 0 Å². The number of benzene rings is 2. The molecule has 172 valence electrons. The first kappa shape index (κ1) is 22.7. The van der Waals surface area contributed by atoms with Crippen molar-refractivity contribution < 1.29 is 4.79 Å². The summed E-state index contributed by atoms with van der Waals surface area (Å²) >= 11 is 0. The van der Waals surface area contributed by atoms with Crippen LogP contribution in [0, 0.1) is 5.92 Å². The summed E-state index contributed by atoms with van der Waals surface area (Å²) in [5.41, 5.74) is 6.96. The fourth-order valence-corrected chi connectivity index (χ4v) is 4.16. The Labute approximate surface area is 193 Å². The molecule has 1 atom stereocenters. The van der Waals surface area contributed by atoms with E-state index in [2.05, 4.69) is 11.8 Å². The minimum Gasteiger partial charge on any atom is -0.384 e. The Bertz CT molecular complexity index is 1240. The van der Waals surface area contributed by atoms with Crippen molar-refractivity contribution >= 4 is 11.6 Å². The van der Waals surface area contributed by atoms with Gasteiger partial charge >= 0.3 is 5.69 Å². The van der Waals surface area contributed by atoms with Gasteiger partial charge in [-0.1, -0.05) is 60.7 Å². The molecule has 7 nitrogen and oxygen atoms in total. The van der Waals surface area contributed by atoms with Crippen LogP contribution in [0.15, 0.2) is 70.3 Å². The van der Waals surface area contributed by atoms with Crippen LogP contribution in [0.25, 0.3) is 0 Å². The summed E-state index contributed by atoms with van der Waals surface area (Å²) in [6, 6.07) is 19.4. The van der Waals surface area contributed by atoms with E-state index in [4.69, 9.17) is 5.73 Å². The fourth-order valence-electron chi connectivity index (χ4n) is 4.16. The van der Waals surface area contributed by atoms with Gasteiger partial charge in [-0.2, -0.15) is 0 Å². The second-order valence-corrected chi connectivity index (χ2v) is 8.86. The summed E-state index contributed by atoms with van der Waals surface area (Å²) in [5, 5.41) is 0. The summed E-state index contributed by atoms with van der Waals surface area (Å²) in [6.07, 6.45) is 2.30. The molecule has 1 saturated carbocycles. The summed E-state index contributed by atoms with van der Waals surface area (Å²) in [6.45, 7) is 3.11. The molecule has 7 heteroatoms. The van der Waals surface area contributed by atoms with E-state index >= 15 is 0 Å². The topological polar surface area (TPSA) is 90.3 Å². The monoisotopic (exact) mass is 446 g/mol. The average molecular weight is 447 g/mol. The van der Waals surface area contributed by atoms with Crippen molar-refractivity contribution in [3.05, 3.63) is 98.2 Å². The molecule has 0 bridgehead atoms. The van der Waals surface area contributed by atoms with E-state index in [-0.39, 0.29) is 36.3 Å². The largest absolute Gasteiger partial charge is 0.384 e. The van der Waals surface area contributed by atoms with Gasteiger partial charge in [0, 0.05) is 19.6 Å². The van der Waals surface area contributed by atoms with Gasteiger partial charge in [0.2, 0.25) is 0 Å². The lowest BCUT2D eigenvalue weighted by Crippen LogP contribution is -2.44. The van der Waals surface area contributed by atoms with Gasteiger partial charge in [-0.05, 0) is 36.8 Å². The van der Waals surface area contributed by atoms with Crippen LogP contribution in [0.3, 0.4) is 0 Å². The molecule has 1 aliphatic carbocycles. The number of rotatable bonds is 9. The van der Waals surface area contributed by atoms with Crippen molar-refractivity contribution in [1.29, 1.82) is 0 Å². The van der Waals surface area contributed by atoms with Gasteiger partial charge in [-0.3, -0.25) is 23.6 Å². The quantitative estimate of drug-likeness (QED) is 0.511. The van der Waals surface area contributed by atoms with E-state index in [1.165, 1.54) is 11.6 Å². The SMILES string of the molecule is CC(c1ccccc1)N(CC(=O)c1c(N)n(Cc2ccccc2)c(=O)n(C)c1=O)CC1CC1. The molecule has 2 aromatic carbocycles. The average Bonchev–Trinajstić information content (AvgIpc) is 3.65. The highest BCUT2D eigenvalue weighted by atomic mass is 16.2. The number of nitrogens with zero attached hydrogens (tertiary/aromatic N) is 3. The lowest BCUT2D eigenvalue weighted by molar-refractivity contribution is 0.0890. The van der Waals surface area contributed by atoms with Crippen LogP contribution in [-0.2, 0) is 13.6 Å². The number of hydrogen-bond acceptors (Lipinski definition) is 5. The van der Waals surface area contributed by atoms with Crippen molar-refractivity contribution in [3.8, 4) is 0 Å². The standard InChI is InChI=1S/C26H30N4O3/c1-18(21-11-7-4-8-12-21)29(15-20-13-14-20)17-22(31)23-24(27)30(26(33)28(2)25(23)32)16-19-9-5-3-6-10-19/h3-12,18,20H,13-17,27H2,1-2H3. The van der Waals surface area contributed by atoms with Crippen molar-refractivity contribution in [2.75, 3.05) is 18.8 Å². The minimum atomic E-state index is -0.648. The Morgan fingerprint density at radius 2 is 1.67 bits per heavy atom. The molecule has 3 aromatic rings. The molecule has 33 heavy (non-hydrogen) atoms. The van der Waals surface area contributed by atoms with Gasteiger partial charge < -0.3 is 5.73 Å². The lowest BCUT2D eigenvalue weighted by Gasteiger charge is -2.29. The summed E-state index contributed by atoms with van der Waals surface area (Å²) in [7, 11) is 1.39. The number of carbonyl (C=O) groups is 1. The van der Waals surface area contributed by atoms with Crippen molar-refractivity contribution in [2.45, 2.75) is 32.4 Å². The first-order valence-corrected chi connectivity index (χ1v) is 11.3. The molecular formula is C26H30N4O3. The molecule has 1 heterocycles. The molecule has 1 aliphatic rings. The molecule has 0 spiro atoms. The fraction of sp³-hybridized carbons (Fsp3) is 0.346. The Morgan fingerprint density at radius 1 is 1.06 bits per heavy atom. The van der Waals surface area contributed by atoms with Gasteiger partial charge in [-0.15, -0.1) is 0 Å². The van der Waals surface area contributed by atoms with Crippen molar-refractivity contribution in [1.82, 2.24) is 14.0 Å². The summed E-state index contributed by atoms with van der Waals surface area (Å²) in [4.78, 5) is 41.3. The highest BCUT2D eigenvalue weighted by Crippen LogP contribution is 2.33. The van der Waals surface area contributed by atoms with E-state index in [0.717, 1.165) is 35.1 Å². The summed E-state index contributed by atoms with van der Waals surface area (Å²) < 4.78 is 2.27. The molecule has 0 radical (unpaired) electrons. The summed E-state index contributed by atoms with van der Waals surface area (Å²) in [5.74, 6) is 0.130. The third-order valence-corrected chi connectivity index (χ3v) is 6.41. The van der Waals surface area contributed by atoms with Crippen LogP contribution in [0.4, 0.5) is 5.82 Å². The highest BCUT2D eigenvalue weighted by molar-refractivity contribution is 6.01. The molecule has 0 saturated heterocycles. The molecule has 1 unspecified atom stereocenters. The number of nitrogens with two attached hydrogens (primary N) is 1. The predicted molar refractivity (Wildman–Crippen MR) is 129 cm³/mol. The highest BCUT2D eigenvalue weighted by Gasteiger charge is 2.30. The van der Waals surface area contributed by atoms with Gasteiger partial charge in [0.15, 0.2) is 5.78 Å². The molecule has 0 aliphatic heterocycles. The van der Waals surface area contributed by atoms with E-state index in [9.17, 15) is 14.4 Å². The Hall–Kier alpha value is -3.45. The normalized spacial score (nSPS) is 14.4. The van der Waals surface area contributed by atoms with Crippen LogP contribution in [0.1, 0.15) is 47.3 Å². The van der Waals surface area contributed by atoms with E-state index < -0.39 is 11.2 Å². The zero-order valence-corrected chi connectivity index (χ0v) is 19.1. The molecular weight excluding hydrogens is 416 g/mol. The van der Waals surface area contributed by atoms with E-state index in [1.807, 2.05) is 60.7 Å². The second-order valence-electron chi connectivity index (χ2n) is 8.86. The van der Waals surface area contributed by atoms with Crippen LogP contribution in [0.5, 0.6) is 0 Å².